The third kappa shape index (κ3) is 4.31. The van der Waals surface area contributed by atoms with Crippen molar-refractivity contribution in [1.82, 2.24) is 5.32 Å². The van der Waals surface area contributed by atoms with Crippen LogP contribution >= 0.6 is 11.8 Å². The van der Waals surface area contributed by atoms with E-state index in [-0.39, 0.29) is 18.2 Å². The van der Waals surface area contributed by atoms with Gasteiger partial charge in [0, 0.05) is 17.7 Å². The molecule has 0 bridgehead atoms. The average Bonchev–Trinajstić information content (AvgIpc) is 3.06. The summed E-state index contributed by atoms with van der Waals surface area (Å²) in [7, 11) is 0. The fourth-order valence-corrected chi connectivity index (χ4v) is 4.22. The van der Waals surface area contributed by atoms with Crippen LogP contribution in [0.25, 0.3) is 0 Å². The van der Waals surface area contributed by atoms with Gasteiger partial charge in [0.2, 0.25) is 11.8 Å². The number of carbonyl (C=O) groups is 2. The normalized spacial score (nSPS) is 21.4. The number of fused-ring (bicyclic) bond motifs is 1. The Balaban J connectivity index is 1.40. The molecule has 28 heavy (non-hydrogen) atoms. The largest absolute Gasteiger partial charge is 0.326 e. The summed E-state index contributed by atoms with van der Waals surface area (Å²) >= 11 is 1.25. The van der Waals surface area contributed by atoms with E-state index < -0.39 is 5.25 Å². The van der Waals surface area contributed by atoms with Crippen molar-refractivity contribution in [2.24, 2.45) is 10.2 Å². The lowest BCUT2D eigenvalue weighted by Gasteiger charge is -2.16. The van der Waals surface area contributed by atoms with Crippen LogP contribution in [0.3, 0.4) is 0 Å². The number of amides is 2. The van der Waals surface area contributed by atoms with E-state index in [0.717, 1.165) is 30.5 Å². The van der Waals surface area contributed by atoms with Crippen LogP contribution in [0.5, 0.6) is 0 Å². The van der Waals surface area contributed by atoms with Crippen molar-refractivity contribution in [3.63, 3.8) is 0 Å². The molecule has 1 saturated heterocycles. The summed E-state index contributed by atoms with van der Waals surface area (Å²) in [5.74, 6) is -0.413. The molecule has 1 atom stereocenters. The van der Waals surface area contributed by atoms with E-state index in [9.17, 15) is 9.59 Å². The Kier molecular flexibility index (Phi) is 5.53. The molecule has 2 aromatic carbocycles. The van der Waals surface area contributed by atoms with E-state index in [0.29, 0.717) is 10.9 Å². The summed E-state index contributed by atoms with van der Waals surface area (Å²) in [6.45, 7) is 0. The monoisotopic (exact) mass is 392 g/mol. The highest BCUT2D eigenvalue weighted by Crippen LogP contribution is 2.25. The van der Waals surface area contributed by atoms with Gasteiger partial charge < -0.3 is 10.6 Å². The van der Waals surface area contributed by atoms with Crippen molar-refractivity contribution in [2.75, 3.05) is 5.32 Å². The SMILES string of the molecule is O=C(CC1SC(=NN=C2CCCc3ccccc32)NC1=O)Nc1ccccc1. The highest BCUT2D eigenvalue weighted by Gasteiger charge is 2.32. The lowest BCUT2D eigenvalue weighted by molar-refractivity contribution is -0.122. The van der Waals surface area contributed by atoms with Gasteiger partial charge in [-0.3, -0.25) is 9.59 Å². The van der Waals surface area contributed by atoms with Crippen molar-refractivity contribution in [3.8, 4) is 0 Å². The predicted octanol–water partition coefficient (Wildman–Crippen LogP) is 3.34. The lowest BCUT2D eigenvalue weighted by Crippen LogP contribution is -2.28. The Morgan fingerprint density at radius 2 is 1.86 bits per heavy atom. The number of carbonyl (C=O) groups excluding carboxylic acids is 2. The highest BCUT2D eigenvalue weighted by atomic mass is 32.2. The smallest absolute Gasteiger partial charge is 0.240 e. The zero-order valence-corrected chi connectivity index (χ0v) is 16.0. The quantitative estimate of drug-likeness (QED) is 0.783. The van der Waals surface area contributed by atoms with E-state index in [1.54, 1.807) is 0 Å². The molecule has 1 unspecified atom stereocenters. The van der Waals surface area contributed by atoms with Crippen LogP contribution in [-0.4, -0.2) is 27.9 Å². The average molecular weight is 392 g/mol. The highest BCUT2D eigenvalue weighted by molar-refractivity contribution is 8.15. The first-order valence-corrected chi connectivity index (χ1v) is 10.1. The Labute approximate surface area is 167 Å². The van der Waals surface area contributed by atoms with Crippen LogP contribution < -0.4 is 10.6 Å². The maximum absolute atomic E-state index is 12.2. The lowest BCUT2D eigenvalue weighted by atomic mass is 9.90. The maximum Gasteiger partial charge on any atom is 0.240 e. The van der Waals surface area contributed by atoms with Gasteiger partial charge in [-0.1, -0.05) is 54.2 Å². The van der Waals surface area contributed by atoms with Crippen LogP contribution in [0.4, 0.5) is 5.69 Å². The molecule has 0 spiro atoms. The Morgan fingerprint density at radius 3 is 2.71 bits per heavy atom. The number of thioether (sulfide) groups is 1. The van der Waals surface area contributed by atoms with E-state index >= 15 is 0 Å². The van der Waals surface area contributed by atoms with Gasteiger partial charge in [-0.15, -0.1) is 5.10 Å². The van der Waals surface area contributed by atoms with Gasteiger partial charge >= 0.3 is 0 Å². The minimum absolute atomic E-state index is 0.0871. The summed E-state index contributed by atoms with van der Waals surface area (Å²) in [6.07, 6.45) is 3.05. The fourth-order valence-electron chi connectivity index (χ4n) is 3.30. The summed E-state index contributed by atoms with van der Waals surface area (Å²) in [4.78, 5) is 24.4. The molecule has 1 heterocycles. The van der Waals surface area contributed by atoms with Crippen molar-refractivity contribution in [3.05, 3.63) is 65.7 Å². The zero-order chi connectivity index (χ0) is 19.3. The maximum atomic E-state index is 12.2. The molecular formula is C21H20N4O2S. The molecule has 2 N–H and O–H groups in total. The van der Waals surface area contributed by atoms with Crippen LogP contribution in [0.15, 0.2) is 64.8 Å². The standard InChI is InChI=1S/C21H20N4O2S/c26-19(22-15-9-2-1-3-10-15)13-18-20(27)23-21(28-18)25-24-17-12-6-8-14-7-4-5-11-16(14)17/h1-5,7,9-11,18H,6,8,12-13H2,(H,22,26)(H,23,25,27). The zero-order valence-electron chi connectivity index (χ0n) is 15.2. The number of rotatable bonds is 4. The first-order chi connectivity index (χ1) is 13.7. The number of para-hydroxylation sites is 1. The molecule has 142 valence electrons. The topological polar surface area (TPSA) is 82.9 Å². The summed E-state index contributed by atoms with van der Waals surface area (Å²) in [6, 6.07) is 17.4. The van der Waals surface area contributed by atoms with Crippen LogP contribution in [0.2, 0.25) is 0 Å². The number of hydrogen-bond acceptors (Lipinski definition) is 5. The van der Waals surface area contributed by atoms with Crippen LogP contribution in [-0.2, 0) is 16.0 Å². The third-order valence-corrected chi connectivity index (χ3v) is 5.73. The van der Waals surface area contributed by atoms with Crippen molar-refractivity contribution < 1.29 is 9.59 Å². The van der Waals surface area contributed by atoms with Crippen molar-refractivity contribution >= 4 is 40.1 Å². The number of benzene rings is 2. The van der Waals surface area contributed by atoms with Crippen molar-refractivity contribution in [1.29, 1.82) is 0 Å². The molecule has 0 radical (unpaired) electrons. The van der Waals surface area contributed by atoms with E-state index in [1.165, 1.54) is 17.3 Å². The summed E-state index contributed by atoms with van der Waals surface area (Å²) in [5.41, 5.74) is 4.07. The molecule has 1 aliphatic carbocycles. The Bertz CT molecular complexity index is 956. The van der Waals surface area contributed by atoms with Gasteiger partial charge in [-0.05, 0) is 37.0 Å². The number of amidine groups is 1. The first-order valence-electron chi connectivity index (χ1n) is 9.24. The minimum atomic E-state index is -0.499. The number of hydrogen-bond donors (Lipinski definition) is 2. The van der Waals surface area contributed by atoms with Gasteiger partial charge in [0.25, 0.3) is 0 Å². The molecule has 2 amide bonds. The number of nitrogens with one attached hydrogen (secondary N) is 2. The summed E-state index contributed by atoms with van der Waals surface area (Å²) < 4.78 is 0. The Hall–Kier alpha value is -2.93. The van der Waals surface area contributed by atoms with Gasteiger partial charge in [-0.25, -0.2) is 0 Å². The first kappa shape index (κ1) is 18.4. The molecule has 1 fully saturated rings. The summed E-state index contributed by atoms with van der Waals surface area (Å²) in [5, 5.41) is 14.1. The van der Waals surface area contributed by atoms with Gasteiger partial charge in [-0.2, -0.15) is 5.10 Å². The minimum Gasteiger partial charge on any atom is -0.326 e. The van der Waals surface area contributed by atoms with E-state index in [4.69, 9.17) is 0 Å². The van der Waals surface area contributed by atoms with Gasteiger partial charge in [0.1, 0.15) is 5.25 Å². The molecule has 7 heteroatoms. The van der Waals surface area contributed by atoms with E-state index in [1.807, 2.05) is 42.5 Å². The second kappa shape index (κ2) is 8.39. The number of aryl methyl sites for hydroxylation is 1. The molecule has 1 aliphatic heterocycles. The molecule has 2 aromatic rings. The number of anilines is 1. The van der Waals surface area contributed by atoms with Crippen molar-refractivity contribution in [2.45, 2.75) is 30.9 Å². The van der Waals surface area contributed by atoms with Crippen LogP contribution in [0.1, 0.15) is 30.4 Å². The Morgan fingerprint density at radius 1 is 1.07 bits per heavy atom. The molecule has 2 aliphatic rings. The third-order valence-electron chi connectivity index (χ3n) is 4.65. The predicted molar refractivity (Wildman–Crippen MR) is 113 cm³/mol. The van der Waals surface area contributed by atoms with Crippen LogP contribution in [0, 0.1) is 0 Å². The molecule has 6 nitrogen and oxygen atoms in total. The number of nitrogens with zero attached hydrogens (tertiary/aromatic N) is 2. The second-order valence-electron chi connectivity index (χ2n) is 6.68. The fraction of sp³-hybridized carbons (Fsp3) is 0.238. The second-order valence-corrected chi connectivity index (χ2v) is 7.87. The van der Waals surface area contributed by atoms with E-state index in [2.05, 4.69) is 33.0 Å². The van der Waals surface area contributed by atoms with Gasteiger partial charge in [0.05, 0.1) is 5.71 Å². The molecular weight excluding hydrogens is 372 g/mol. The molecule has 0 aromatic heterocycles. The molecule has 0 saturated carbocycles. The van der Waals surface area contributed by atoms with Gasteiger partial charge in [0.15, 0.2) is 5.17 Å². The molecule has 4 rings (SSSR count).